The third-order valence-corrected chi connectivity index (χ3v) is 5.46. The molecule has 0 spiro atoms. The summed E-state index contributed by atoms with van der Waals surface area (Å²) in [5.41, 5.74) is 2.61. The number of halogens is 3. The second kappa shape index (κ2) is 7.00. The lowest BCUT2D eigenvalue weighted by Crippen LogP contribution is -2.41. The summed E-state index contributed by atoms with van der Waals surface area (Å²) in [6, 6.07) is 6.96. The lowest BCUT2D eigenvalue weighted by atomic mass is 9.93. The number of aromatic nitrogens is 2. The quantitative estimate of drug-likeness (QED) is 0.853. The Morgan fingerprint density at radius 2 is 1.93 bits per heavy atom. The van der Waals surface area contributed by atoms with E-state index in [4.69, 9.17) is 0 Å². The summed E-state index contributed by atoms with van der Waals surface area (Å²) in [5, 5.41) is 9.39. The van der Waals surface area contributed by atoms with Crippen LogP contribution >= 0.6 is 0 Å². The molecule has 148 valence electrons. The van der Waals surface area contributed by atoms with Gasteiger partial charge in [-0.05, 0) is 36.1 Å². The maximum atomic E-state index is 13.0. The number of carbonyl (C=O) groups excluding carboxylic acids is 1. The van der Waals surface area contributed by atoms with E-state index in [1.54, 1.807) is 17.0 Å². The number of phenolic OH excluding ortho intramolecular Hbond substituents is 1. The van der Waals surface area contributed by atoms with E-state index >= 15 is 0 Å². The van der Waals surface area contributed by atoms with Gasteiger partial charge in [0.05, 0.1) is 0 Å². The average Bonchev–Trinajstić information content (AvgIpc) is 3.12. The van der Waals surface area contributed by atoms with Gasteiger partial charge in [0.1, 0.15) is 5.75 Å². The normalized spacial score (nSPS) is 19.9. The third-order valence-electron chi connectivity index (χ3n) is 5.46. The number of nitrogens with zero attached hydrogens (tertiary/aromatic N) is 3. The molecule has 8 heteroatoms. The third kappa shape index (κ3) is 3.50. The fraction of sp³-hybridized carbons (Fsp3) is 0.400. The van der Waals surface area contributed by atoms with Crippen molar-refractivity contribution >= 4 is 11.5 Å². The van der Waals surface area contributed by atoms with Crippen LogP contribution in [0.25, 0.3) is 5.57 Å². The topological polar surface area (TPSA) is 58.4 Å². The van der Waals surface area contributed by atoms with Crippen LogP contribution in [0.4, 0.5) is 13.2 Å². The Labute approximate surface area is 160 Å². The van der Waals surface area contributed by atoms with Crippen molar-refractivity contribution < 1.29 is 23.1 Å². The Balaban J connectivity index is 1.42. The van der Waals surface area contributed by atoms with Gasteiger partial charge in [0, 0.05) is 43.9 Å². The van der Waals surface area contributed by atoms with Crippen molar-refractivity contribution in [2.24, 2.45) is 5.92 Å². The highest BCUT2D eigenvalue weighted by molar-refractivity contribution is 5.81. The first-order valence-electron chi connectivity index (χ1n) is 9.22. The molecule has 2 aliphatic heterocycles. The second-order valence-corrected chi connectivity index (χ2v) is 7.22. The number of hydrogen-bond acceptors (Lipinski definition) is 3. The molecular weight excluding hydrogens is 371 g/mol. The van der Waals surface area contributed by atoms with E-state index in [2.05, 4.69) is 4.98 Å². The largest absolute Gasteiger partial charge is 0.508 e. The Morgan fingerprint density at radius 1 is 1.18 bits per heavy atom. The number of benzene rings is 1. The van der Waals surface area contributed by atoms with Gasteiger partial charge in [-0.3, -0.25) is 4.79 Å². The minimum atomic E-state index is -4.47. The smallest absolute Gasteiger partial charge is 0.449 e. The zero-order valence-corrected chi connectivity index (χ0v) is 15.1. The minimum absolute atomic E-state index is 0.0120. The summed E-state index contributed by atoms with van der Waals surface area (Å²) < 4.78 is 40.1. The Bertz CT molecular complexity index is 916. The zero-order chi connectivity index (χ0) is 19.9. The molecule has 1 aromatic carbocycles. The van der Waals surface area contributed by atoms with Crippen LogP contribution in [0.2, 0.25) is 0 Å². The van der Waals surface area contributed by atoms with Crippen LogP contribution in [0.5, 0.6) is 5.75 Å². The lowest BCUT2D eigenvalue weighted by Gasteiger charge is -2.32. The molecule has 1 aromatic heterocycles. The standard InChI is InChI=1S/C20H20F3N3O2/c21-20(22,23)19-24-12-16-11-15(7-10-26(16)19)18(28)25-8-5-14(6-9-25)13-1-3-17(27)4-2-13/h1-5,12,15,27H,6-11H2/t15-/m1/s1. The van der Waals surface area contributed by atoms with E-state index in [1.807, 2.05) is 18.2 Å². The Morgan fingerprint density at radius 3 is 2.57 bits per heavy atom. The first-order chi connectivity index (χ1) is 13.3. The van der Waals surface area contributed by atoms with Crippen molar-refractivity contribution in [3.8, 4) is 5.75 Å². The molecular formula is C20H20F3N3O2. The van der Waals surface area contributed by atoms with Gasteiger partial charge in [-0.25, -0.2) is 4.98 Å². The van der Waals surface area contributed by atoms with Crippen LogP contribution in [0.15, 0.2) is 36.5 Å². The van der Waals surface area contributed by atoms with Gasteiger partial charge in [0.2, 0.25) is 11.7 Å². The summed E-state index contributed by atoms with van der Waals surface area (Å²) in [6.07, 6.45) is 0.143. The van der Waals surface area contributed by atoms with Crippen molar-refractivity contribution in [3.05, 3.63) is 53.6 Å². The number of fused-ring (bicyclic) bond motifs is 1. The molecule has 28 heavy (non-hydrogen) atoms. The number of carbonyl (C=O) groups is 1. The van der Waals surface area contributed by atoms with Crippen LogP contribution in [0, 0.1) is 5.92 Å². The first kappa shape index (κ1) is 18.6. The van der Waals surface area contributed by atoms with Crippen molar-refractivity contribution in [3.63, 3.8) is 0 Å². The Kier molecular flexibility index (Phi) is 4.64. The molecule has 1 amide bonds. The second-order valence-electron chi connectivity index (χ2n) is 7.22. The molecule has 0 fully saturated rings. The van der Waals surface area contributed by atoms with Gasteiger partial charge in [0.15, 0.2) is 0 Å². The van der Waals surface area contributed by atoms with Gasteiger partial charge < -0.3 is 14.6 Å². The molecule has 0 unspecified atom stereocenters. The monoisotopic (exact) mass is 391 g/mol. The number of imidazole rings is 1. The van der Waals surface area contributed by atoms with Crippen molar-refractivity contribution in [1.29, 1.82) is 0 Å². The highest BCUT2D eigenvalue weighted by Gasteiger charge is 2.39. The summed E-state index contributed by atoms with van der Waals surface area (Å²) >= 11 is 0. The molecule has 2 aliphatic rings. The molecule has 0 aliphatic carbocycles. The summed E-state index contributed by atoms with van der Waals surface area (Å²) in [6.45, 7) is 1.22. The molecule has 5 nitrogen and oxygen atoms in total. The first-order valence-corrected chi connectivity index (χ1v) is 9.22. The summed E-state index contributed by atoms with van der Waals surface area (Å²) in [7, 11) is 0. The molecule has 3 heterocycles. The molecule has 1 N–H and O–H groups in total. The van der Waals surface area contributed by atoms with E-state index in [9.17, 15) is 23.1 Å². The van der Waals surface area contributed by atoms with Crippen LogP contribution in [-0.4, -0.2) is 38.6 Å². The van der Waals surface area contributed by atoms with Gasteiger partial charge in [-0.15, -0.1) is 0 Å². The SMILES string of the molecule is O=C([C@@H]1CCn2c(cnc2C(F)(F)F)C1)N1CC=C(c2ccc(O)cc2)CC1. The number of amides is 1. The maximum Gasteiger partial charge on any atom is 0.449 e. The molecule has 0 radical (unpaired) electrons. The summed E-state index contributed by atoms with van der Waals surface area (Å²) in [4.78, 5) is 18.1. The van der Waals surface area contributed by atoms with E-state index in [-0.39, 0.29) is 30.5 Å². The van der Waals surface area contributed by atoms with Crippen LogP contribution in [0.1, 0.15) is 29.9 Å². The fourth-order valence-electron chi connectivity index (χ4n) is 3.97. The zero-order valence-electron chi connectivity index (χ0n) is 15.1. The fourth-order valence-corrected chi connectivity index (χ4v) is 3.97. The molecule has 0 saturated carbocycles. The molecule has 1 atom stereocenters. The molecule has 4 rings (SSSR count). The van der Waals surface area contributed by atoms with Crippen LogP contribution in [0.3, 0.4) is 0 Å². The van der Waals surface area contributed by atoms with Crippen molar-refractivity contribution in [2.75, 3.05) is 13.1 Å². The van der Waals surface area contributed by atoms with E-state index < -0.39 is 12.0 Å². The summed E-state index contributed by atoms with van der Waals surface area (Å²) in [5.74, 6) is -0.994. The van der Waals surface area contributed by atoms with E-state index in [0.29, 0.717) is 31.6 Å². The minimum Gasteiger partial charge on any atom is -0.508 e. The van der Waals surface area contributed by atoms with Gasteiger partial charge in [-0.2, -0.15) is 13.2 Å². The lowest BCUT2D eigenvalue weighted by molar-refractivity contribution is -0.147. The predicted octanol–water partition coefficient (Wildman–Crippen LogP) is 3.49. The number of rotatable bonds is 2. The predicted molar refractivity (Wildman–Crippen MR) is 96.3 cm³/mol. The number of alkyl halides is 3. The molecule has 2 aromatic rings. The number of phenols is 1. The van der Waals surface area contributed by atoms with E-state index in [0.717, 1.165) is 11.1 Å². The highest BCUT2D eigenvalue weighted by Crippen LogP contribution is 2.33. The van der Waals surface area contributed by atoms with Crippen molar-refractivity contribution in [2.45, 2.75) is 32.0 Å². The van der Waals surface area contributed by atoms with Gasteiger partial charge >= 0.3 is 6.18 Å². The van der Waals surface area contributed by atoms with E-state index in [1.165, 1.54) is 10.8 Å². The number of aromatic hydroxyl groups is 1. The molecule has 0 bridgehead atoms. The number of hydrogen-bond donors (Lipinski definition) is 1. The van der Waals surface area contributed by atoms with Crippen molar-refractivity contribution in [1.82, 2.24) is 14.5 Å². The average molecular weight is 391 g/mol. The van der Waals surface area contributed by atoms with Crippen LogP contribution in [-0.2, 0) is 23.9 Å². The maximum absolute atomic E-state index is 13.0. The molecule has 0 saturated heterocycles. The van der Waals surface area contributed by atoms with Gasteiger partial charge in [0.25, 0.3) is 0 Å². The highest BCUT2D eigenvalue weighted by atomic mass is 19.4. The van der Waals surface area contributed by atoms with Gasteiger partial charge in [-0.1, -0.05) is 18.2 Å². The Hall–Kier alpha value is -2.77. The van der Waals surface area contributed by atoms with Crippen LogP contribution < -0.4 is 0 Å².